The standard InChI is InChI=1S/C14H12N2O5/c1-10-11(5-4-7-12(10)15(17)18)9-21-14-8-3-2-6-13(14)16(19)20/h2-8H,9H2,1H3. The zero-order valence-electron chi connectivity index (χ0n) is 11.2. The molecule has 21 heavy (non-hydrogen) atoms. The molecule has 0 atom stereocenters. The lowest BCUT2D eigenvalue weighted by molar-refractivity contribution is -0.386. The van der Waals surface area contributed by atoms with E-state index >= 15 is 0 Å². The van der Waals surface area contributed by atoms with Gasteiger partial charge in [0.2, 0.25) is 0 Å². The second-order valence-corrected chi connectivity index (χ2v) is 4.33. The number of hydrogen-bond donors (Lipinski definition) is 0. The topological polar surface area (TPSA) is 95.5 Å². The summed E-state index contributed by atoms with van der Waals surface area (Å²) < 4.78 is 5.44. The maximum Gasteiger partial charge on any atom is 0.310 e. The van der Waals surface area contributed by atoms with Crippen LogP contribution in [0.4, 0.5) is 11.4 Å². The Hall–Kier alpha value is -2.96. The SMILES string of the molecule is Cc1c(COc2ccccc2[N+](=O)[O-])cccc1[N+](=O)[O-]. The van der Waals surface area contributed by atoms with Gasteiger partial charge in [-0.15, -0.1) is 0 Å². The molecule has 0 bridgehead atoms. The maximum atomic E-state index is 10.9. The molecule has 0 heterocycles. The van der Waals surface area contributed by atoms with Crippen molar-refractivity contribution in [3.63, 3.8) is 0 Å². The molecule has 0 aliphatic heterocycles. The van der Waals surface area contributed by atoms with Crippen molar-refractivity contribution in [1.82, 2.24) is 0 Å². The molecule has 0 aliphatic rings. The summed E-state index contributed by atoms with van der Waals surface area (Å²) in [6.45, 7) is 1.65. The van der Waals surface area contributed by atoms with E-state index in [1.807, 2.05) is 0 Å². The smallest absolute Gasteiger partial charge is 0.310 e. The van der Waals surface area contributed by atoms with E-state index in [0.717, 1.165) is 0 Å². The highest BCUT2D eigenvalue weighted by molar-refractivity contribution is 5.47. The minimum Gasteiger partial charge on any atom is -0.482 e. The first-order chi connectivity index (χ1) is 10.0. The molecule has 0 aliphatic carbocycles. The number of nitro groups is 2. The number of para-hydroxylation sites is 2. The summed E-state index contributed by atoms with van der Waals surface area (Å²) in [6.07, 6.45) is 0. The number of rotatable bonds is 5. The van der Waals surface area contributed by atoms with Gasteiger partial charge in [-0.3, -0.25) is 20.2 Å². The van der Waals surface area contributed by atoms with Gasteiger partial charge in [0, 0.05) is 17.7 Å². The van der Waals surface area contributed by atoms with Gasteiger partial charge in [-0.05, 0) is 18.6 Å². The molecule has 2 rings (SSSR count). The zero-order valence-corrected chi connectivity index (χ0v) is 11.2. The number of benzene rings is 2. The lowest BCUT2D eigenvalue weighted by Gasteiger charge is -2.09. The highest BCUT2D eigenvalue weighted by Crippen LogP contribution is 2.28. The summed E-state index contributed by atoms with van der Waals surface area (Å²) in [4.78, 5) is 20.7. The Bertz CT molecular complexity index is 700. The highest BCUT2D eigenvalue weighted by Gasteiger charge is 2.16. The first-order valence-corrected chi connectivity index (χ1v) is 6.10. The van der Waals surface area contributed by atoms with Crippen molar-refractivity contribution in [1.29, 1.82) is 0 Å². The Morgan fingerprint density at radius 1 is 0.952 bits per heavy atom. The van der Waals surface area contributed by atoms with Crippen molar-refractivity contribution in [2.24, 2.45) is 0 Å². The predicted octanol–water partition coefficient (Wildman–Crippen LogP) is 3.39. The van der Waals surface area contributed by atoms with E-state index in [-0.39, 0.29) is 23.7 Å². The van der Waals surface area contributed by atoms with Gasteiger partial charge >= 0.3 is 5.69 Å². The zero-order chi connectivity index (χ0) is 15.4. The fraction of sp³-hybridized carbons (Fsp3) is 0.143. The van der Waals surface area contributed by atoms with Crippen LogP contribution in [0.25, 0.3) is 0 Å². The number of nitrogens with zero attached hydrogens (tertiary/aromatic N) is 2. The van der Waals surface area contributed by atoms with Gasteiger partial charge in [0.15, 0.2) is 5.75 Å². The number of hydrogen-bond acceptors (Lipinski definition) is 5. The molecule has 0 radical (unpaired) electrons. The molecule has 0 unspecified atom stereocenters. The lowest BCUT2D eigenvalue weighted by Crippen LogP contribution is -2.02. The van der Waals surface area contributed by atoms with Crippen molar-refractivity contribution < 1.29 is 14.6 Å². The van der Waals surface area contributed by atoms with Gasteiger partial charge in [-0.1, -0.05) is 24.3 Å². The normalized spacial score (nSPS) is 10.1. The molecular formula is C14H12N2O5. The quantitative estimate of drug-likeness (QED) is 0.620. The van der Waals surface area contributed by atoms with Crippen molar-refractivity contribution in [3.8, 4) is 5.75 Å². The molecule has 0 aromatic heterocycles. The Labute approximate surface area is 120 Å². The Kier molecular flexibility index (Phi) is 4.13. The fourth-order valence-electron chi connectivity index (χ4n) is 1.91. The molecule has 0 fully saturated rings. The van der Waals surface area contributed by atoms with Crippen LogP contribution in [0.3, 0.4) is 0 Å². The number of ether oxygens (including phenoxy) is 1. The molecule has 7 heteroatoms. The molecule has 0 N–H and O–H groups in total. The Balaban J connectivity index is 2.23. The molecule has 0 spiro atoms. The van der Waals surface area contributed by atoms with Crippen LogP contribution >= 0.6 is 0 Å². The van der Waals surface area contributed by atoms with Gasteiger partial charge in [0.25, 0.3) is 5.69 Å². The van der Waals surface area contributed by atoms with Crippen LogP contribution < -0.4 is 4.74 Å². The van der Waals surface area contributed by atoms with Gasteiger partial charge in [0.1, 0.15) is 6.61 Å². The summed E-state index contributed by atoms with van der Waals surface area (Å²) in [5.41, 5.74) is 0.961. The fourth-order valence-corrected chi connectivity index (χ4v) is 1.91. The van der Waals surface area contributed by atoms with Gasteiger partial charge in [0.05, 0.1) is 9.85 Å². The van der Waals surface area contributed by atoms with Crippen LogP contribution in [-0.4, -0.2) is 9.85 Å². The summed E-state index contributed by atoms with van der Waals surface area (Å²) in [5, 5.41) is 21.7. The first-order valence-electron chi connectivity index (χ1n) is 6.10. The molecule has 0 saturated carbocycles. The average Bonchev–Trinajstić information content (AvgIpc) is 2.46. The van der Waals surface area contributed by atoms with E-state index in [2.05, 4.69) is 0 Å². The van der Waals surface area contributed by atoms with Crippen LogP contribution in [0.15, 0.2) is 42.5 Å². The first kappa shape index (κ1) is 14.4. The molecule has 0 saturated heterocycles. The monoisotopic (exact) mass is 288 g/mol. The molecule has 2 aromatic rings. The molecule has 2 aromatic carbocycles. The van der Waals surface area contributed by atoms with E-state index in [4.69, 9.17) is 4.74 Å². The molecule has 0 amide bonds. The maximum absolute atomic E-state index is 10.9. The van der Waals surface area contributed by atoms with Crippen LogP contribution in [0.2, 0.25) is 0 Å². The van der Waals surface area contributed by atoms with E-state index in [0.29, 0.717) is 11.1 Å². The van der Waals surface area contributed by atoms with Crippen molar-refractivity contribution in [2.45, 2.75) is 13.5 Å². The Morgan fingerprint density at radius 2 is 1.57 bits per heavy atom. The predicted molar refractivity (Wildman–Crippen MR) is 75.3 cm³/mol. The minimum atomic E-state index is -0.532. The van der Waals surface area contributed by atoms with Crippen LogP contribution in [-0.2, 0) is 6.61 Å². The summed E-state index contributed by atoms with van der Waals surface area (Å²) >= 11 is 0. The Morgan fingerprint density at radius 3 is 2.24 bits per heavy atom. The van der Waals surface area contributed by atoms with E-state index in [1.54, 1.807) is 31.2 Å². The lowest BCUT2D eigenvalue weighted by atomic mass is 10.1. The van der Waals surface area contributed by atoms with E-state index < -0.39 is 9.85 Å². The summed E-state index contributed by atoms with van der Waals surface area (Å²) in [5.74, 6) is 0.133. The average molecular weight is 288 g/mol. The minimum absolute atomic E-state index is 0.00124. The van der Waals surface area contributed by atoms with Crippen LogP contribution in [0.5, 0.6) is 5.75 Å². The van der Waals surface area contributed by atoms with Gasteiger partial charge in [-0.25, -0.2) is 0 Å². The van der Waals surface area contributed by atoms with Crippen molar-refractivity contribution in [2.75, 3.05) is 0 Å². The van der Waals surface area contributed by atoms with Crippen molar-refractivity contribution in [3.05, 3.63) is 73.8 Å². The third-order valence-electron chi connectivity index (χ3n) is 3.06. The molecule has 108 valence electrons. The largest absolute Gasteiger partial charge is 0.482 e. The molecular weight excluding hydrogens is 276 g/mol. The second kappa shape index (κ2) is 6.00. The third-order valence-corrected chi connectivity index (χ3v) is 3.06. The number of nitro benzene ring substituents is 2. The van der Waals surface area contributed by atoms with Gasteiger partial charge < -0.3 is 4.74 Å². The third kappa shape index (κ3) is 3.14. The van der Waals surface area contributed by atoms with Gasteiger partial charge in [-0.2, -0.15) is 0 Å². The summed E-state index contributed by atoms with van der Waals surface area (Å²) in [7, 11) is 0. The van der Waals surface area contributed by atoms with Crippen molar-refractivity contribution >= 4 is 11.4 Å². The summed E-state index contributed by atoms with van der Waals surface area (Å²) in [6, 6.07) is 10.7. The highest BCUT2D eigenvalue weighted by atomic mass is 16.6. The molecule has 7 nitrogen and oxygen atoms in total. The van der Waals surface area contributed by atoms with E-state index in [1.165, 1.54) is 18.2 Å². The van der Waals surface area contributed by atoms with Crippen LogP contribution in [0.1, 0.15) is 11.1 Å². The van der Waals surface area contributed by atoms with Crippen LogP contribution in [0, 0.1) is 27.2 Å². The second-order valence-electron chi connectivity index (χ2n) is 4.33. The van der Waals surface area contributed by atoms with E-state index in [9.17, 15) is 20.2 Å².